The molecule has 1 aliphatic rings. The highest BCUT2D eigenvalue weighted by Crippen LogP contribution is 2.40. The maximum Gasteiger partial charge on any atom is 0.161 e. The van der Waals surface area contributed by atoms with Crippen molar-refractivity contribution in [2.45, 2.75) is 37.0 Å². The summed E-state index contributed by atoms with van der Waals surface area (Å²) in [6, 6.07) is 10.6. The normalized spacial score (nSPS) is 14.2. The minimum Gasteiger partial charge on any atom is -0.370 e. The first-order valence-corrected chi connectivity index (χ1v) is 8.80. The second-order valence-electron chi connectivity index (χ2n) is 5.43. The molecular weight excluding hydrogens is 278 g/mol. The molecule has 0 saturated heterocycles. The van der Waals surface area contributed by atoms with Crippen molar-refractivity contribution in [2.75, 3.05) is 18.1 Å². The first-order chi connectivity index (χ1) is 10.3. The number of hydrogen-bond donors (Lipinski definition) is 1. The topological polar surface area (TPSA) is 37.8 Å². The van der Waals surface area contributed by atoms with Crippen LogP contribution in [0, 0.1) is 0 Å². The van der Waals surface area contributed by atoms with Crippen molar-refractivity contribution in [1.29, 1.82) is 0 Å². The lowest BCUT2D eigenvalue weighted by Gasteiger charge is -2.09. The van der Waals surface area contributed by atoms with Crippen molar-refractivity contribution >= 4 is 17.6 Å². The first-order valence-electron chi connectivity index (χ1n) is 7.57. The number of thioether (sulfide) groups is 1. The van der Waals surface area contributed by atoms with E-state index in [-0.39, 0.29) is 0 Å². The van der Waals surface area contributed by atoms with Gasteiger partial charge in [0.1, 0.15) is 5.82 Å². The van der Waals surface area contributed by atoms with Crippen LogP contribution in [-0.4, -0.2) is 22.8 Å². The largest absolute Gasteiger partial charge is 0.370 e. The van der Waals surface area contributed by atoms with E-state index in [1.54, 1.807) is 11.8 Å². The zero-order valence-electron chi connectivity index (χ0n) is 12.6. The van der Waals surface area contributed by atoms with Crippen molar-refractivity contribution in [3.05, 3.63) is 36.0 Å². The van der Waals surface area contributed by atoms with Gasteiger partial charge in [0, 0.05) is 34.7 Å². The Hall–Kier alpha value is -1.55. The summed E-state index contributed by atoms with van der Waals surface area (Å²) >= 11 is 1.75. The zero-order chi connectivity index (χ0) is 14.7. The summed E-state index contributed by atoms with van der Waals surface area (Å²) in [4.78, 5) is 10.7. The molecule has 0 radical (unpaired) electrons. The summed E-state index contributed by atoms with van der Waals surface area (Å²) in [5, 5.41) is 3.39. The summed E-state index contributed by atoms with van der Waals surface area (Å²) in [5.74, 6) is 2.43. The van der Waals surface area contributed by atoms with Crippen LogP contribution >= 0.6 is 11.8 Å². The fourth-order valence-corrected chi connectivity index (χ4v) is 2.68. The second kappa shape index (κ2) is 6.48. The van der Waals surface area contributed by atoms with Crippen LogP contribution < -0.4 is 5.32 Å². The van der Waals surface area contributed by atoms with Gasteiger partial charge >= 0.3 is 0 Å². The summed E-state index contributed by atoms with van der Waals surface area (Å²) in [7, 11) is 0. The molecule has 110 valence electrons. The molecule has 21 heavy (non-hydrogen) atoms. The number of nitrogens with zero attached hydrogens (tertiary/aromatic N) is 2. The van der Waals surface area contributed by atoms with Gasteiger partial charge in [-0.25, -0.2) is 9.97 Å². The molecular formula is C17H21N3S. The fourth-order valence-electron chi connectivity index (χ4n) is 2.27. The molecule has 4 heteroatoms. The molecule has 0 amide bonds. The monoisotopic (exact) mass is 299 g/mol. The minimum atomic E-state index is 0.638. The highest BCUT2D eigenvalue weighted by atomic mass is 32.2. The summed E-state index contributed by atoms with van der Waals surface area (Å²) < 4.78 is 0. The molecule has 0 atom stereocenters. The lowest BCUT2D eigenvalue weighted by Crippen LogP contribution is -2.05. The Bertz CT molecular complexity index is 606. The van der Waals surface area contributed by atoms with Gasteiger partial charge in [-0.3, -0.25) is 0 Å². The van der Waals surface area contributed by atoms with Crippen LogP contribution in [0.4, 0.5) is 5.82 Å². The van der Waals surface area contributed by atoms with E-state index in [0.717, 1.165) is 30.2 Å². The van der Waals surface area contributed by atoms with Gasteiger partial charge in [-0.2, -0.15) is 0 Å². The highest BCUT2D eigenvalue weighted by Gasteiger charge is 2.26. The second-order valence-corrected chi connectivity index (χ2v) is 6.31. The molecule has 1 aromatic heterocycles. The third kappa shape index (κ3) is 3.56. The molecule has 0 bridgehead atoms. The summed E-state index contributed by atoms with van der Waals surface area (Å²) in [6.45, 7) is 3.12. The van der Waals surface area contributed by atoms with E-state index in [9.17, 15) is 0 Å². The van der Waals surface area contributed by atoms with Crippen molar-refractivity contribution in [3.63, 3.8) is 0 Å². The fraction of sp³-hybridized carbons (Fsp3) is 0.412. The Labute approximate surface area is 130 Å². The standard InChI is InChI=1S/C17H21N3S/c1-3-10-18-16-11-15(12-4-5-12)19-17(20-16)13-6-8-14(21-2)9-7-13/h6-9,11-12H,3-5,10H2,1-2H3,(H,18,19,20). The van der Waals surface area contributed by atoms with Gasteiger partial charge < -0.3 is 5.32 Å². The zero-order valence-corrected chi connectivity index (χ0v) is 13.4. The molecule has 1 aliphatic carbocycles. The lowest BCUT2D eigenvalue weighted by atomic mass is 10.2. The molecule has 0 unspecified atom stereocenters. The van der Waals surface area contributed by atoms with E-state index in [0.29, 0.717) is 5.92 Å². The van der Waals surface area contributed by atoms with Gasteiger partial charge in [0.05, 0.1) is 0 Å². The van der Waals surface area contributed by atoms with Crippen LogP contribution in [0.3, 0.4) is 0 Å². The van der Waals surface area contributed by atoms with Crippen LogP contribution in [0.1, 0.15) is 37.8 Å². The van der Waals surface area contributed by atoms with E-state index in [1.807, 2.05) is 0 Å². The van der Waals surface area contributed by atoms with Gasteiger partial charge in [-0.15, -0.1) is 11.8 Å². The lowest BCUT2D eigenvalue weighted by molar-refractivity contribution is 0.948. The van der Waals surface area contributed by atoms with Crippen LogP contribution in [0.2, 0.25) is 0 Å². The Morgan fingerprint density at radius 2 is 1.95 bits per heavy atom. The van der Waals surface area contributed by atoms with E-state index < -0.39 is 0 Å². The van der Waals surface area contributed by atoms with E-state index >= 15 is 0 Å². The van der Waals surface area contributed by atoms with Gasteiger partial charge in [0.25, 0.3) is 0 Å². The van der Waals surface area contributed by atoms with Gasteiger partial charge in [-0.1, -0.05) is 19.1 Å². The molecule has 1 saturated carbocycles. The number of benzene rings is 1. The molecule has 1 heterocycles. The maximum absolute atomic E-state index is 4.77. The molecule has 0 aliphatic heterocycles. The maximum atomic E-state index is 4.77. The quantitative estimate of drug-likeness (QED) is 0.793. The van der Waals surface area contributed by atoms with Crippen molar-refractivity contribution in [2.24, 2.45) is 0 Å². The van der Waals surface area contributed by atoms with Crippen LogP contribution in [0.15, 0.2) is 35.2 Å². The van der Waals surface area contributed by atoms with E-state index in [2.05, 4.69) is 53.8 Å². The minimum absolute atomic E-state index is 0.638. The summed E-state index contributed by atoms with van der Waals surface area (Å²) in [6.07, 6.45) is 5.71. The molecule has 1 fully saturated rings. The van der Waals surface area contributed by atoms with Crippen molar-refractivity contribution in [3.8, 4) is 11.4 Å². The smallest absolute Gasteiger partial charge is 0.161 e. The van der Waals surface area contributed by atoms with E-state index in [4.69, 9.17) is 4.98 Å². The van der Waals surface area contributed by atoms with Gasteiger partial charge in [0.2, 0.25) is 0 Å². The number of hydrogen-bond acceptors (Lipinski definition) is 4. The molecule has 3 nitrogen and oxygen atoms in total. The molecule has 2 aromatic rings. The molecule has 3 rings (SSSR count). The van der Waals surface area contributed by atoms with Gasteiger partial charge in [-0.05, 0) is 37.7 Å². The Balaban J connectivity index is 1.93. The highest BCUT2D eigenvalue weighted by molar-refractivity contribution is 7.98. The molecule has 1 N–H and O–H groups in total. The average Bonchev–Trinajstić information content (AvgIpc) is 3.37. The predicted molar refractivity (Wildman–Crippen MR) is 90.0 cm³/mol. The SMILES string of the molecule is CCCNc1cc(C2CC2)nc(-c2ccc(SC)cc2)n1. The number of anilines is 1. The van der Waals surface area contributed by atoms with Crippen molar-refractivity contribution in [1.82, 2.24) is 9.97 Å². The van der Waals surface area contributed by atoms with Crippen LogP contribution in [0.5, 0.6) is 0 Å². The Morgan fingerprint density at radius 3 is 2.57 bits per heavy atom. The average molecular weight is 299 g/mol. The first kappa shape index (κ1) is 14.4. The number of aromatic nitrogens is 2. The van der Waals surface area contributed by atoms with Gasteiger partial charge in [0.15, 0.2) is 5.82 Å². The molecule has 1 aromatic carbocycles. The Morgan fingerprint density at radius 1 is 1.19 bits per heavy atom. The number of nitrogens with one attached hydrogen (secondary N) is 1. The van der Waals surface area contributed by atoms with Crippen LogP contribution in [0.25, 0.3) is 11.4 Å². The summed E-state index contributed by atoms with van der Waals surface area (Å²) in [5.41, 5.74) is 2.28. The molecule has 0 spiro atoms. The Kier molecular flexibility index (Phi) is 4.44. The third-order valence-electron chi connectivity index (χ3n) is 3.65. The van der Waals surface area contributed by atoms with Crippen LogP contribution in [-0.2, 0) is 0 Å². The predicted octanol–water partition coefficient (Wildman–Crippen LogP) is 4.56. The third-order valence-corrected chi connectivity index (χ3v) is 4.39. The number of rotatable bonds is 6. The van der Waals surface area contributed by atoms with E-state index in [1.165, 1.54) is 23.4 Å². The van der Waals surface area contributed by atoms with Crippen molar-refractivity contribution < 1.29 is 0 Å².